The maximum absolute atomic E-state index is 12.8. The monoisotopic (exact) mass is 336 g/mol. The van der Waals surface area contributed by atoms with Crippen molar-refractivity contribution in [3.05, 3.63) is 54.2 Å². The number of nitrogens with zero attached hydrogens (tertiary/aromatic N) is 3. The number of rotatable bonds is 3. The molecule has 1 saturated heterocycles. The van der Waals surface area contributed by atoms with Gasteiger partial charge in [-0.2, -0.15) is 5.10 Å². The summed E-state index contributed by atoms with van der Waals surface area (Å²) in [5.41, 5.74) is 2.55. The largest absolute Gasteiger partial charge is 0.497 e. The average Bonchev–Trinajstić information content (AvgIpc) is 3.12. The quantitative estimate of drug-likeness (QED) is 0.798. The summed E-state index contributed by atoms with van der Waals surface area (Å²) in [6.07, 6.45) is 0. The van der Waals surface area contributed by atoms with Gasteiger partial charge in [-0.1, -0.05) is 18.2 Å². The molecule has 0 bridgehead atoms. The molecule has 6 nitrogen and oxygen atoms in total. The van der Waals surface area contributed by atoms with Crippen LogP contribution in [0.25, 0.3) is 10.9 Å². The number of hydrogen-bond acceptors (Lipinski definition) is 4. The first-order chi connectivity index (χ1) is 12.3. The molecule has 1 aliphatic rings. The smallest absolute Gasteiger partial charge is 0.275 e. The van der Waals surface area contributed by atoms with Crippen molar-refractivity contribution in [1.29, 1.82) is 0 Å². The zero-order valence-electron chi connectivity index (χ0n) is 14.1. The van der Waals surface area contributed by atoms with Gasteiger partial charge in [-0.3, -0.25) is 9.89 Å². The van der Waals surface area contributed by atoms with Gasteiger partial charge >= 0.3 is 0 Å². The lowest BCUT2D eigenvalue weighted by Crippen LogP contribution is -2.48. The molecule has 0 aliphatic carbocycles. The molecule has 1 aliphatic heterocycles. The van der Waals surface area contributed by atoms with E-state index in [1.807, 2.05) is 41.3 Å². The molecule has 1 fully saturated rings. The summed E-state index contributed by atoms with van der Waals surface area (Å²) in [5.74, 6) is 0.842. The van der Waals surface area contributed by atoms with Gasteiger partial charge in [0, 0.05) is 37.3 Å². The van der Waals surface area contributed by atoms with E-state index < -0.39 is 0 Å². The van der Waals surface area contributed by atoms with Crippen LogP contribution in [-0.2, 0) is 0 Å². The van der Waals surface area contributed by atoms with Crippen LogP contribution in [0.3, 0.4) is 0 Å². The Morgan fingerprint density at radius 2 is 1.76 bits per heavy atom. The van der Waals surface area contributed by atoms with Crippen molar-refractivity contribution in [2.45, 2.75) is 0 Å². The van der Waals surface area contributed by atoms with Crippen molar-refractivity contribution in [2.24, 2.45) is 0 Å². The van der Waals surface area contributed by atoms with Crippen LogP contribution < -0.4 is 9.64 Å². The Morgan fingerprint density at radius 3 is 2.48 bits per heavy atom. The summed E-state index contributed by atoms with van der Waals surface area (Å²) in [6.45, 7) is 2.99. The molecule has 1 N–H and O–H groups in total. The van der Waals surface area contributed by atoms with Crippen molar-refractivity contribution in [3.63, 3.8) is 0 Å². The third-order valence-corrected chi connectivity index (χ3v) is 4.68. The van der Waals surface area contributed by atoms with E-state index in [9.17, 15) is 4.79 Å². The molecule has 25 heavy (non-hydrogen) atoms. The van der Waals surface area contributed by atoms with Crippen molar-refractivity contribution in [3.8, 4) is 5.75 Å². The minimum atomic E-state index is -0.00756. The number of carbonyl (C=O) groups excluding carboxylic acids is 1. The number of aromatic amines is 1. The number of amides is 1. The van der Waals surface area contributed by atoms with E-state index in [4.69, 9.17) is 4.74 Å². The Morgan fingerprint density at radius 1 is 1.04 bits per heavy atom. The van der Waals surface area contributed by atoms with Crippen LogP contribution >= 0.6 is 0 Å². The Balaban J connectivity index is 1.45. The molecule has 1 aromatic heterocycles. The molecule has 2 aromatic carbocycles. The van der Waals surface area contributed by atoms with Gasteiger partial charge in [0.15, 0.2) is 5.69 Å². The Labute approximate surface area is 146 Å². The van der Waals surface area contributed by atoms with Crippen LogP contribution in [0.4, 0.5) is 5.69 Å². The van der Waals surface area contributed by atoms with E-state index in [1.165, 1.54) is 0 Å². The lowest BCUT2D eigenvalue weighted by Gasteiger charge is -2.35. The Hall–Kier alpha value is -3.02. The van der Waals surface area contributed by atoms with Crippen LogP contribution in [0.5, 0.6) is 5.75 Å². The van der Waals surface area contributed by atoms with Gasteiger partial charge in [0.25, 0.3) is 5.91 Å². The molecule has 4 rings (SSSR count). The summed E-state index contributed by atoms with van der Waals surface area (Å²) in [6, 6.07) is 15.7. The molecule has 6 heteroatoms. The molecule has 1 amide bonds. The number of methoxy groups -OCH3 is 1. The molecule has 0 atom stereocenters. The van der Waals surface area contributed by atoms with Crippen LogP contribution in [0.1, 0.15) is 10.5 Å². The number of ether oxygens (including phenoxy) is 1. The normalized spacial score (nSPS) is 14.8. The lowest BCUT2D eigenvalue weighted by atomic mass is 10.2. The number of hydrogen-bond donors (Lipinski definition) is 1. The third-order valence-electron chi connectivity index (χ3n) is 4.68. The molecule has 0 spiro atoms. The number of benzene rings is 2. The molecule has 3 aromatic rings. The van der Waals surface area contributed by atoms with Gasteiger partial charge in [-0.05, 0) is 30.3 Å². The summed E-state index contributed by atoms with van der Waals surface area (Å²) < 4.78 is 5.20. The fourth-order valence-electron chi connectivity index (χ4n) is 3.24. The zero-order valence-corrected chi connectivity index (χ0v) is 14.1. The second-order valence-corrected chi connectivity index (χ2v) is 6.10. The fraction of sp³-hybridized carbons (Fsp3) is 0.263. The van der Waals surface area contributed by atoms with Gasteiger partial charge in [-0.15, -0.1) is 0 Å². The van der Waals surface area contributed by atoms with Crippen LogP contribution in [0, 0.1) is 0 Å². The van der Waals surface area contributed by atoms with E-state index in [0.717, 1.165) is 35.4 Å². The van der Waals surface area contributed by atoms with Crippen LogP contribution in [-0.4, -0.2) is 54.3 Å². The number of carbonyl (C=O) groups is 1. The predicted octanol–water partition coefficient (Wildman–Crippen LogP) is 2.53. The molecular formula is C19H20N4O2. The van der Waals surface area contributed by atoms with Crippen molar-refractivity contribution < 1.29 is 9.53 Å². The van der Waals surface area contributed by atoms with Gasteiger partial charge in [0.05, 0.1) is 12.6 Å². The molecule has 2 heterocycles. The third kappa shape index (κ3) is 2.91. The van der Waals surface area contributed by atoms with Gasteiger partial charge in [0.2, 0.25) is 0 Å². The first kappa shape index (κ1) is 15.5. The van der Waals surface area contributed by atoms with Crippen molar-refractivity contribution >= 4 is 22.5 Å². The number of anilines is 1. The van der Waals surface area contributed by atoms with Crippen LogP contribution in [0.2, 0.25) is 0 Å². The van der Waals surface area contributed by atoms with Crippen molar-refractivity contribution in [1.82, 2.24) is 15.1 Å². The highest BCUT2D eigenvalue weighted by Crippen LogP contribution is 2.22. The predicted molar refractivity (Wildman–Crippen MR) is 97.2 cm³/mol. The maximum atomic E-state index is 12.8. The minimum Gasteiger partial charge on any atom is -0.497 e. The first-order valence-corrected chi connectivity index (χ1v) is 8.37. The molecule has 0 unspecified atom stereocenters. The van der Waals surface area contributed by atoms with Gasteiger partial charge < -0.3 is 14.5 Å². The highest BCUT2D eigenvalue weighted by Gasteiger charge is 2.25. The molecule has 0 saturated carbocycles. The topological polar surface area (TPSA) is 61.5 Å². The SMILES string of the molecule is COc1ccc(N2CCN(C(=O)c3n[nH]c4ccccc34)CC2)cc1. The highest BCUT2D eigenvalue weighted by atomic mass is 16.5. The van der Waals surface area contributed by atoms with Crippen molar-refractivity contribution in [2.75, 3.05) is 38.2 Å². The number of fused-ring (bicyclic) bond motifs is 1. The first-order valence-electron chi connectivity index (χ1n) is 8.37. The number of para-hydroxylation sites is 1. The standard InChI is InChI=1S/C19H20N4O2/c1-25-15-8-6-14(7-9-15)22-10-12-23(13-11-22)19(24)18-16-4-2-3-5-17(16)20-21-18/h2-9H,10-13H2,1H3,(H,20,21). The summed E-state index contributed by atoms with van der Waals surface area (Å²) in [4.78, 5) is 17.0. The molecular weight excluding hydrogens is 316 g/mol. The van der Waals surface area contributed by atoms with E-state index >= 15 is 0 Å². The zero-order chi connectivity index (χ0) is 17.2. The van der Waals surface area contributed by atoms with Crippen LogP contribution in [0.15, 0.2) is 48.5 Å². The number of nitrogens with one attached hydrogen (secondary N) is 1. The second kappa shape index (κ2) is 6.47. The lowest BCUT2D eigenvalue weighted by molar-refractivity contribution is 0.0742. The number of aromatic nitrogens is 2. The van der Waals surface area contributed by atoms with Gasteiger partial charge in [0.1, 0.15) is 5.75 Å². The maximum Gasteiger partial charge on any atom is 0.275 e. The average molecular weight is 336 g/mol. The Kier molecular flexibility index (Phi) is 4.01. The van der Waals surface area contributed by atoms with E-state index in [0.29, 0.717) is 18.8 Å². The van der Waals surface area contributed by atoms with E-state index in [-0.39, 0.29) is 5.91 Å². The summed E-state index contributed by atoms with van der Waals surface area (Å²) in [5, 5.41) is 8.04. The summed E-state index contributed by atoms with van der Waals surface area (Å²) >= 11 is 0. The fourth-order valence-corrected chi connectivity index (χ4v) is 3.24. The molecule has 128 valence electrons. The Bertz CT molecular complexity index is 880. The summed E-state index contributed by atoms with van der Waals surface area (Å²) in [7, 11) is 1.66. The number of piperazine rings is 1. The van der Waals surface area contributed by atoms with Gasteiger partial charge in [-0.25, -0.2) is 0 Å². The highest BCUT2D eigenvalue weighted by molar-refractivity contribution is 6.04. The minimum absolute atomic E-state index is 0.00756. The second-order valence-electron chi connectivity index (χ2n) is 6.10. The van der Waals surface area contributed by atoms with E-state index in [1.54, 1.807) is 7.11 Å². The van der Waals surface area contributed by atoms with E-state index in [2.05, 4.69) is 27.2 Å². The number of H-pyrrole nitrogens is 1. The molecule has 0 radical (unpaired) electrons.